The van der Waals surface area contributed by atoms with Gasteiger partial charge in [0.25, 0.3) is 0 Å². The fourth-order valence-corrected chi connectivity index (χ4v) is 5.44. The Morgan fingerprint density at radius 3 is 2.48 bits per heavy atom. The minimum atomic E-state index is -0.934. The molecule has 1 aromatic rings. The van der Waals surface area contributed by atoms with E-state index in [1.54, 1.807) is 6.92 Å². The molecule has 2 heterocycles. The molecule has 150 valence electrons. The van der Waals surface area contributed by atoms with Crippen LogP contribution in [0.5, 0.6) is 0 Å². The number of amides is 1. The lowest BCUT2D eigenvalue weighted by Gasteiger charge is -2.40. The molecule has 1 aromatic heterocycles. The summed E-state index contributed by atoms with van der Waals surface area (Å²) in [5, 5.41) is 13.5. The van der Waals surface area contributed by atoms with Crippen molar-refractivity contribution in [1.82, 2.24) is 14.7 Å². The van der Waals surface area contributed by atoms with Gasteiger partial charge in [0, 0.05) is 19.5 Å². The summed E-state index contributed by atoms with van der Waals surface area (Å²) < 4.78 is 1.83. The van der Waals surface area contributed by atoms with Gasteiger partial charge in [0.05, 0.1) is 17.9 Å². The van der Waals surface area contributed by atoms with Crippen molar-refractivity contribution in [3.63, 3.8) is 0 Å². The second-order valence-corrected chi connectivity index (χ2v) is 9.49. The minimum Gasteiger partial charge on any atom is -0.478 e. The molecule has 1 aliphatic heterocycles. The number of likely N-dealkylation sites (tertiary alicyclic amines) is 1. The van der Waals surface area contributed by atoms with Crippen LogP contribution in [0.4, 0.5) is 0 Å². The van der Waals surface area contributed by atoms with Gasteiger partial charge in [-0.25, -0.2) is 4.79 Å². The molecule has 1 N–H and O–H groups in total. The summed E-state index contributed by atoms with van der Waals surface area (Å²) in [6, 6.07) is 0.177. The maximum absolute atomic E-state index is 12.8. The van der Waals surface area contributed by atoms with Gasteiger partial charge in [0.2, 0.25) is 5.91 Å². The van der Waals surface area contributed by atoms with E-state index in [0.717, 1.165) is 38.8 Å². The van der Waals surface area contributed by atoms with Crippen molar-refractivity contribution in [2.75, 3.05) is 13.1 Å². The number of carbonyl (C=O) groups is 2. The van der Waals surface area contributed by atoms with Crippen LogP contribution in [0.15, 0.2) is 6.20 Å². The predicted molar refractivity (Wildman–Crippen MR) is 104 cm³/mol. The zero-order valence-corrected chi connectivity index (χ0v) is 17.1. The monoisotopic (exact) mass is 375 g/mol. The first kappa shape index (κ1) is 19.9. The summed E-state index contributed by atoms with van der Waals surface area (Å²) in [6.45, 7) is 10.2. The van der Waals surface area contributed by atoms with Crippen molar-refractivity contribution < 1.29 is 14.7 Å². The quantitative estimate of drug-likeness (QED) is 0.866. The number of piperidine rings is 1. The van der Waals surface area contributed by atoms with Crippen molar-refractivity contribution in [1.29, 1.82) is 0 Å². The lowest BCUT2D eigenvalue weighted by atomic mass is 9.67. The molecule has 0 aromatic carbocycles. The second kappa shape index (κ2) is 7.64. The van der Waals surface area contributed by atoms with Gasteiger partial charge < -0.3 is 10.0 Å². The number of nitrogens with zero attached hydrogens (tertiary/aromatic N) is 3. The number of carboxylic acids is 1. The van der Waals surface area contributed by atoms with Gasteiger partial charge >= 0.3 is 5.97 Å². The van der Waals surface area contributed by atoms with Crippen LogP contribution in [0.2, 0.25) is 0 Å². The summed E-state index contributed by atoms with van der Waals surface area (Å²) in [4.78, 5) is 26.0. The molecular formula is C21H33N3O3. The fraction of sp³-hybridized carbons (Fsp3) is 0.762. The molecule has 1 amide bonds. The van der Waals surface area contributed by atoms with E-state index in [4.69, 9.17) is 0 Å². The van der Waals surface area contributed by atoms with E-state index in [1.807, 2.05) is 9.58 Å². The van der Waals surface area contributed by atoms with Crippen LogP contribution in [0, 0.1) is 24.2 Å². The Kier molecular flexibility index (Phi) is 5.63. The average Bonchev–Trinajstić information content (AvgIpc) is 2.94. The molecule has 2 fully saturated rings. The van der Waals surface area contributed by atoms with Gasteiger partial charge in [0.1, 0.15) is 5.56 Å². The van der Waals surface area contributed by atoms with Crippen LogP contribution in [-0.4, -0.2) is 44.8 Å². The van der Waals surface area contributed by atoms with Crippen molar-refractivity contribution in [2.24, 2.45) is 17.3 Å². The minimum absolute atomic E-state index is 0.177. The highest BCUT2D eigenvalue weighted by Crippen LogP contribution is 2.43. The SMILES string of the molecule is Cc1c(C(=O)O)cnn1C1CCN(C(=O)CC2CC(C)CC(C)(C)C2)CC1. The van der Waals surface area contributed by atoms with Crippen molar-refractivity contribution in [3.8, 4) is 0 Å². The molecule has 3 rings (SSSR count). The second-order valence-electron chi connectivity index (χ2n) is 9.49. The molecule has 6 nitrogen and oxygen atoms in total. The maximum atomic E-state index is 12.8. The zero-order chi connectivity index (χ0) is 19.8. The van der Waals surface area contributed by atoms with Crippen LogP contribution in [0.25, 0.3) is 0 Å². The van der Waals surface area contributed by atoms with E-state index in [-0.39, 0.29) is 17.5 Å². The van der Waals surface area contributed by atoms with Crippen LogP contribution < -0.4 is 0 Å². The maximum Gasteiger partial charge on any atom is 0.339 e. The molecule has 1 saturated carbocycles. The number of hydrogen-bond donors (Lipinski definition) is 1. The molecule has 1 saturated heterocycles. The zero-order valence-electron chi connectivity index (χ0n) is 17.1. The number of rotatable bonds is 4. The Morgan fingerprint density at radius 1 is 1.26 bits per heavy atom. The Balaban J connectivity index is 1.54. The van der Waals surface area contributed by atoms with E-state index in [9.17, 15) is 14.7 Å². The van der Waals surface area contributed by atoms with Crippen LogP contribution >= 0.6 is 0 Å². The molecular weight excluding hydrogens is 342 g/mol. The molecule has 1 aliphatic carbocycles. The summed E-state index contributed by atoms with van der Waals surface area (Å²) >= 11 is 0. The van der Waals surface area contributed by atoms with E-state index in [2.05, 4.69) is 25.9 Å². The first-order valence-corrected chi connectivity index (χ1v) is 10.2. The topological polar surface area (TPSA) is 75.4 Å². The van der Waals surface area contributed by atoms with Gasteiger partial charge in [-0.3, -0.25) is 9.48 Å². The predicted octanol–water partition coefficient (Wildman–Crippen LogP) is 3.91. The number of carbonyl (C=O) groups excluding carboxylic acids is 1. The highest BCUT2D eigenvalue weighted by atomic mass is 16.4. The third kappa shape index (κ3) is 4.53. The normalized spacial score (nSPS) is 26.1. The summed E-state index contributed by atoms with van der Waals surface area (Å²) in [7, 11) is 0. The molecule has 2 unspecified atom stereocenters. The van der Waals surface area contributed by atoms with Crippen LogP contribution in [0.1, 0.15) is 81.4 Å². The molecule has 0 spiro atoms. The number of carboxylic acid groups (broad SMARTS) is 1. The highest BCUT2D eigenvalue weighted by Gasteiger charge is 2.34. The van der Waals surface area contributed by atoms with E-state index >= 15 is 0 Å². The van der Waals surface area contributed by atoms with Crippen molar-refractivity contribution in [2.45, 2.75) is 72.3 Å². The summed E-state index contributed by atoms with van der Waals surface area (Å²) in [5.74, 6) is 0.548. The fourth-order valence-electron chi connectivity index (χ4n) is 5.44. The Hall–Kier alpha value is -1.85. The Morgan fingerprint density at radius 2 is 1.93 bits per heavy atom. The molecule has 0 radical (unpaired) electrons. The Bertz CT molecular complexity index is 702. The lowest BCUT2D eigenvalue weighted by molar-refractivity contribution is -0.134. The first-order valence-electron chi connectivity index (χ1n) is 10.2. The molecule has 2 aliphatic rings. The third-order valence-corrected chi connectivity index (χ3v) is 6.38. The van der Waals surface area contributed by atoms with Gasteiger partial charge in [-0.1, -0.05) is 20.8 Å². The standard InChI is InChI=1S/C21H33N3O3/c1-14-9-16(12-21(3,4)11-14)10-19(25)23-7-5-17(6-8-23)24-15(2)18(13-22-24)20(26)27/h13-14,16-17H,5-12H2,1-4H3,(H,26,27). The van der Waals surface area contributed by atoms with Crippen molar-refractivity contribution in [3.05, 3.63) is 17.5 Å². The van der Waals surface area contributed by atoms with Gasteiger partial charge in [-0.05, 0) is 56.3 Å². The summed E-state index contributed by atoms with van der Waals surface area (Å²) in [6.07, 6.45) is 7.33. The number of aromatic carboxylic acids is 1. The van der Waals surface area contributed by atoms with Gasteiger partial charge in [0.15, 0.2) is 0 Å². The van der Waals surface area contributed by atoms with Crippen molar-refractivity contribution >= 4 is 11.9 Å². The van der Waals surface area contributed by atoms with Crippen LogP contribution in [0.3, 0.4) is 0 Å². The largest absolute Gasteiger partial charge is 0.478 e. The molecule has 2 atom stereocenters. The summed E-state index contributed by atoms with van der Waals surface area (Å²) in [5.41, 5.74) is 1.31. The average molecular weight is 376 g/mol. The third-order valence-electron chi connectivity index (χ3n) is 6.38. The number of hydrogen-bond acceptors (Lipinski definition) is 3. The molecule has 0 bridgehead atoms. The smallest absolute Gasteiger partial charge is 0.339 e. The van der Waals surface area contributed by atoms with Crippen LogP contribution in [-0.2, 0) is 4.79 Å². The Labute approximate surface area is 161 Å². The van der Waals surface area contributed by atoms with E-state index in [0.29, 0.717) is 29.4 Å². The lowest BCUT2D eigenvalue weighted by Crippen LogP contribution is -2.41. The van der Waals surface area contributed by atoms with Gasteiger partial charge in [-0.2, -0.15) is 5.10 Å². The highest BCUT2D eigenvalue weighted by molar-refractivity contribution is 5.88. The van der Waals surface area contributed by atoms with Gasteiger partial charge in [-0.15, -0.1) is 0 Å². The number of aromatic nitrogens is 2. The first-order chi connectivity index (χ1) is 12.7. The van der Waals surface area contributed by atoms with E-state index < -0.39 is 5.97 Å². The molecule has 27 heavy (non-hydrogen) atoms. The molecule has 6 heteroatoms. The van der Waals surface area contributed by atoms with E-state index in [1.165, 1.54) is 12.6 Å².